The number of nitrogens with one attached hydrogen (secondary N) is 2. The standard InChI is InChI=1S/C12H23N3O4/c1-5-15(6-2)10(16)7-13-12(19)14-9(4)8(3)11(17)18/h8-9H,5-7H2,1-4H3,(H,17,18)(H2,13,14,19). The second kappa shape index (κ2) is 8.34. The average Bonchev–Trinajstić information content (AvgIpc) is 2.36. The van der Waals surface area contributed by atoms with Gasteiger partial charge in [-0.15, -0.1) is 0 Å². The number of aliphatic carboxylic acids is 1. The Morgan fingerprint density at radius 2 is 1.68 bits per heavy atom. The number of urea groups is 1. The maximum absolute atomic E-state index is 11.6. The van der Waals surface area contributed by atoms with Crippen LogP contribution in [0.4, 0.5) is 4.79 Å². The number of amides is 3. The Morgan fingerprint density at radius 1 is 1.16 bits per heavy atom. The number of rotatable bonds is 7. The van der Waals surface area contributed by atoms with Crippen LogP contribution >= 0.6 is 0 Å². The van der Waals surface area contributed by atoms with E-state index in [-0.39, 0.29) is 12.5 Å². The third kappa shape index (κ3) is 6.08. The molecule has 110 valence electrons. The van der Waals surface area contributed by atoms with Gasteiger partial charge in [0.05, 0.1) is 12.5 Å². The van der Waals surface area contributed by atoms with Gasteiger partial charge < -0.3 is 20.6 Å². The molecule has 0 aromatic rings. The van der Waals surface area contributed by atoms with Crippen molar-refractivity contribution in [2.24, 2.45) is 5.92 Å². The van der Waals surface area contributed by atoms with E-state index in [4.69, 9.17) is 5.11 Å². The molecule has 0 heterocycles. The van der Waals surface area contributed by atoms with Crippen molar-refractivity contribution in [3.8, 4) is 0 Å². The van der Waals surface area contributed by atoms with Crippen LogP contribution in [0.15, 0.2) is 0 Å². The lowest BCUT2D eigenvalue weighted by Crippen LogP contribution is -2.48. The zero-order valence-corrected chi connectivity index (χ0v) is 11.9. The van der Waals surface area contributed by atoms with Gasteiger partial charge in [-0.2, -0.15) is 0 Å². The van der Waals surface area contributed by atoms with Crippen molar-refractivity contribution in [1.29, 1.82) is 0 Å². The minimum Gasteiger partial charge on any atom is -0.481 e. The lowest BCUT2D eigenvalue weighted by atomic mass is 10.0. The Bertz CT molecular complexity index is 329. The zero-order valence-electron chi connectivity index (χ0n) is 11.9. The molecule has 2 unspecified atom stereocenters. The van der Waals surface area contributed by atoms with Crippen LogP contribution in [0.5, 0.6) is 0 Å². The summed E-state index contributed by atoms with van der Waals surface area (Å²) in [4.78, 5) is 35.4. The molecule has 19 heavy (non-hydrogen) atoms. The summed E-state index contributed by atoms with van der Waals surface area (Å²) in [5.41, 5.74) is 0. The topological polar surface area (TPSA) is 98.7 Å². The van der Waals surface area contributed by atoms with Gasteiger partial charge in [0, 0.05) is 19.1 Å². The molecule has 2 atom stereocenters. The summed E-state index contributed by atoms with van der Waals surface area (Å²) < 4.78 is 0. The van der Waals surface area contributed by atoms with Crippen LogP contribution in [-0.4, -0.2) is 53.6 Å². The van der Waals surface area contributed by atoms with Crippen molar-refractivity contribution in [2.75, 3.05) is 19.6 Å². The van der Waals surface area contributed by atoms with Gasteiger partial charge in [-0.3, -0.25) is 9.59 Å². The zero-order chi connectivity index (χ0) is 15.0. The number of likely N-dealkylation sites (N-methyl/N-ethyl adjacent to an activating group) is 1. The third-order valence-corrected chi connectivity index (χ3v) is 3.01. The molecule has 0 aromatic heterocycles. The molecule has 0 aromatic carbocycles. The van der Waals surface area contributed by atoms with Crippen molar-refractivity contribution in [3.63, 3.8) is 0 Å². The summed E-state index contributed by atoms with van der Waals surface area (Å²) >= 11 is 0. The highest BCUT2D eigenvalue weighted by molar-refractivity contribution is 5.84. The predicted molar refractivity (Wildman–Crippen MR) is 70.7 cm³/mol. The first kappa shape index (κ1) is 17.2. The number of nitrogens with zero attached hydrogens (tertiary/aromatic N) is 1. The largest absolute Gasteiger partial charge is 0.481 e. The van der Waals surface area contributed by atoms with Crippen molar-refractivity contribution < 1.29 is 19.5 Å². The lowest BCUT2D eigenvalue weighted by molar-refractivity contribution is -0.141. The quantitative estimate of drug-likeness (QED) is 0.619. The van der Waals surface area contributed by atoms with Crippen LogP contribution in [0.2, 0.25) is 0 Å². The molecule has 7 nitrogen and oxygen atoms in total. The normalized spacial score (nSPS) is 13.3. The highest BCUT2D eigenvalue weighted by Gasteiger charge is 2.21. The molecular weight excluding hydrogens is 250 g/mol. The molecule has 0 spiro atoms. The molecule has 3 amide bonds. The van der Waals surface area contributed by atoms with Gasteiger partial charge in [-0.25, -0.2) is 4.79 Å². The van der Waals surface area contributed by atoms with Gasteiger partial charge in [-0.05, 0) is 27.7 Å². The predicted octanol–water partition coefficient (Wildman–Crippen LogP) is 0.263. The van der Waals surface area contributed by atoms with Gasteiger partial charge in [-0.1, -0.05) is 0 Å². The minimum absolute atomic E-state index is 0.0955. The monoisotopic (exact) mass is 273 g/mol. The first-order valence-electron chi connectivity index (χ1n) is 6.38. The van der Waals surface area contributed by atoms with Crippen LogP contribution in [-0.2, 0) is 9.59 Å². The molecule has 0 bridgehead atoms. The van der Waals surface area contributed by atoms with Crippen LogP contribution in [0.3, 0.4) is 0 Å². The Kier molecular flexibility index (Phi) is 7.55. The van der Waals surface area contributed by atoms with Gasteiger partial charge in [0.15, 0.2) is 0 Å². The number of hydrogen-bond donors (Lipinski definition) is 3. The van der Waals surface area contributed by atoms with Gasteiger partial charge in [0.1, 0.15) is 0 Å². The fourth-order valence-corrected chi connectivity index (χ4v) is 1.44. The Morgan fingerprint density at radius 3 is 2.11 bits per heavy atom. The van der Waals surface area contributed by atoms with E-state index in [9.17, 15) is 14.4 Å². The minimum atomic E-state index is -0.980. The van der Waals surface area contributed by atoms with E-state index in [1.165, 1.54) is 6.92 Å². The molecule has 0 aliphatic rings. The number of carboxylic acids is 1. The number of hydrogen-bond acceptors (Lipinski definition) is 3. The molecule has 0 aliphatic heterocycles. The molecule has 3 N–H and O–H groups in total. The van der Waals surface area contributed by atoms with E-state index < -0.39 is 24.0 Å². The summed E-state index contributed by atoms with van der Waals surface area (Å²) in [6.07, 6.45) is 0. The van der Waals surface area contributed by atoms with E-state index in [0.29, 0.717) is 13.1 Å². The van der Waals surface area contributed by atoms with Crippen molar-refractivity contribution in [2.45, 2.75) is 33.7 Å². The summed E-state index contributed by atoms with van der Waals surface area (Å²) in [7, 11) is 0. The SMILES string of the molecule is CCN(CC)C(=O)CNC(=O)NC(C)C(C)C(=O)O. The third-order valence-electron chi connectivity index (χ3n) is 3.01. The van der Waals surface area contributed by atoms with Crippen LogP contribution in [0.1, 0.15) is 27.7 Å². The summed E-state index contributed by atoms with van der Waals surface area (Å²) in [5.74, 6) is -1.84. The van der Waals surface area contributed by atoms with E-state index in [1.54, 1.807) is 11.8 Å². The number of carbonyl (C=O) groups excluding carboxylic acids is 2. The Hall–Kier alpha value is -1.79. The second-order valence-electron chi connectivity index (χ2n) is 4.31. The lowest BCUT2D eigenvalue weighted by Gasteiger charge is -2.20. The molecule has 0 saturated heterocycles. The van der Waals surface area contributed by atoms with E-state index in [1.807, 2.05) is 13.8 Å². The fraction of sp³-hybridized carbons (Fsp3) is 0.750. The summed E-state index contributed by atoms with van der Waals surface area (Å²) in [6, 6.07) is -1.05. The van der Waals surface area contributed by atoms with Crippen LogP contribution in [0, 0.1) is 5.92 Å². The van der Waals surface area contributed by atoms with Crippen molar-refractivity contribution >= 4 is 17.9 Å². The molecule has 0 radical (unpaired) electrons. The summed E-state index contributed by atoms with van der Waals surface area (Å²) in [6.45, 7) is 7.91. The Labute approximate surface area is 113 Å². The van der Waals surface area contributed by atoms with Gasteiger partial charge in [0.2, 0.25) is 5.91 Å². The molecular formula is C12H23N3O4. The average molecular weight is 273 g/mol. The van der Waals surface area contributed by atoms with Crippen molar-refractivity contribution in [3.05, 3.63) is 0 Å². The number of carbonyl (C=O) groups is 3. The van der Waals surface area contributed by atoms with Crippen LogP contribution < -0.4 is 10.6 Å². The first-order chi connectivity index (χ1) is 8.83. The smallest absolute Gasteiger partial charge is 0.315 e. The Balaban J connectivity index is 4.12. The van der Waals surface area contributed by atoms with Crippen molar-refractivity contribution in [1.82, 2.24) is 15.5 Å². The highest BCUT2D eigenvalue weighted by atomic mass is 16.4. The van der Waals surface area contributed by atoms with E-state index in [2.05, 4.69) is 10.6 Å². The van der Waals surface area contributed by atoms with Gasteiger partial charge in [0.25, 0.3) is 0 Å². The molecule has 0 fully saturated rings. The maximum Gasteiger partial charge on any atom is 0.315 e. The van der Waals surface area contributed by atoms with Crippen LogP contribution in [0.25, 0.3) is 0 Å². The fourth-order valence-electron chi connectivity index (χ4n) is 1.44. The maximum atomic E-state index is 11.6. The van der Waals surface area contributed by atoms with Gasteiger partial charge >= 0.3 is 12.0 Å². The molecule has 0 saturated carbocycles. The summed E-state index contributed by atoms with van der Waals surface area (Å²) in [5, 5.41) is 13.7. The van der Waals surface area contributed by atoms with E-state index >= 15 is 0 Å². The highest BCUT2D eigenvalue weighted by Crippen LogP contribution is 2.01. The molecule has 7 heteroatoms. The second-order valence-corrected chi connectivity index (χ2v) is 4.31. The first-order valence-corrected chi connectivity index (χ1v) is 6.38. The molecule has 0 aliphatic carbocycles. The van der Waals surface area contributed by atoms with E-state index in [0.717, 1.165) is 0 Å². The number of carboxylic acid groups (broad SMARTS) is 1. The molecule has 0 rings (SSSR count).